The Bertz CT molecular complexity index is 845. The Kier molecular flexibility index (Phi) is 3.76. The summed E-state index contributed by atoms with van der Waals surface area (Å²) < 4.78 is 2.96. The van der Waals surface area contributed by atoms with Crippen molar-refractivity contribution in [1.82, 2.24) is 4.57 Å². The Morgan fingerprint density at radius 3 is 2.62 bits per heavy atom. The van der Waals surface area contributed by atoms with Crippen LogP contribution in [0.2, 0.25) is 0 Å². The van der Waals surface area contributed by atoms with Gasteiger partial charge < -0.3 is 4.57 Å². The van der Waals surface area contributed by atoms with Crippen molar-refractivity contribution < 1.29 is 4.79 Å². The van der Waals surface area contributed by atoms with Gasteiger partial charge in [-0.1, -0.05) is 52.3 Å². The van der Waals surface area contributed by atoms with Crippen LogP contribution >= 0.6 is 15.9 Å². The number of aryl methyl sites for hydroxylation is 1. The van der Waals surface area contributed by atoms with Crippen LogP contribution in [0.15, 0.2) is 65.3 Å². The summed E-state index contributed by atoms with van der Waals surface area (Å²) in [4.78, 5) is 12.4. The molecule has 0 unspecified atom stereocenters. The van der Waals surface area contributed by atoms with Gasteiger partial charge in [-0.05, 0) is 29.8 Å². The summed E-state index contributed by atoms with van der Waals surface area (Å²) in [6.45, 7) is 0. The van der Waals surface area contributed by atoms with Gasteiger partial charge >= 0.3 is 0 Å². The maximum Gasteiger partial charge on any atom is 0.188 e. The van der Waals surface area contributed by atoms with Crippen LogP contribution in [0.25, 0.3) is 17.0 Å². The number of halogens is 1. The molecule has 0 saturated carbocycles. The molecule has 0 aliphatic heterocycles. The minimum absolute atomic E-state index is 0.0163. The van der Waals surface area contributed by atoms with Gasteiger partial charge in [-0.2, -0.15) is 0 Å². The molecule has 0 amide bonds. The minimum Gasteiger partial charge on any atom is -0.350 e. The van der Waals surface area contributed by atoms with Gasteiger partial charge in [0.05, 0.1) is 0 Å². The molecule has 0 spiro atoms. The summed E-state index contributed by atoms with van der Waals surface area (Å²) in [5.74, 6) is 0.0163. The van der Waals surface area contributed by atoms with Crippen LogP contribution in [0.5, 0.6) is 0 Å². The fraction of sp³-hybridized carbons (Fsp3) is 0.0556. The quantitative estimate of drug-likeness (QED) is 0.494. The van der Waals surface area contributed by atoms with Crippen molar-refractivity contribution in [3.05, 3.63) is 76.4 Å². The number of fused-ring (bicyclic) bond motifs is 1. The molecule has 1 heterocycles. The lowest BCUT2D eigenvalue weighted by molar-refractivity contribution is 0.104. The van der Waals surface area contributed by atoms with Crippen LogP contribution in [0.1, 0.15) is 15.9 Å². The number of carbonyl (C=O) groups is 1. The molecule has 3 rings (SSSR count). The van der Waals surface area contributed by atoms with E-state index in [1.165, 1.54) is 0 Å². The van der Waals surface area contributed by atoms with Gasteiger partial charge in [0, 0.05) is 34.2 Å². The standard InChI is InChI=1S/C18H14BrNO/c1-20-12-15(14-7-3-5-9-17(14)20)18(21)11-10-13-6-2-4-8-16(13)19/h2-12H,1H3. The average molecular weight is 340 g/mol. The molecule has 1 aromatic heterocycles. The van der Waals surface area contributed by atoms with Crippen LogP contribution in [-0.4, -0.2) is 10.4 Å². The fourth-order valence-corrected chi connectivity index (χ4v) is 2.82. The highest BCUT2D eigenvalue weighted by atomic mass is 79.9. The third-order valence-electron chi connectivity index (χ3n) is 3.48. The van der Waals surface area contributed by atoms with Gasteiger partial charge in [0.2, 0.25) is 0 Å². The Hall–Kier alpha value is -2.13. The first kappa shape index (κ1) is 13.8. The SMILES string of the molecule is Cn1cc(C(=O)C=Cc2ccccc2Br)c2ccccc21. The lowest BCUT2D eigenvalue weighted by Gasteiger charge is -1.97. The van der Waals surface area contributed by atoms with Gasteiger partial charge in [0.1, 0.15) is 0 Å². The number of hydrogen-bond acceptors (Lipinski definition) is 1. The molecule has 3 heteroatoms. The van der Waals surface area contributed by atoms with E-state index in [4.69, 9.17) is 0 Å². The summed E-state index contributed by atoms with van der Waals surface area (Å²) in [7, 11) is 1.95. The molecular weight excluding hydrogens is 326 g/mol. The number of hydrogen-bond donors (Lipinski definition) is 0. The monoisotopic (exact) mass is 339 g/mol. The predicted octanol–water partition coefficient (Wildman–Crippen LogP) is 4.84. The van der Waals surface area contributed by atoms with Gasteiger partial charge in [-0.3, -0.25) is 4.79 Å². The molecule has 0 bridgehead atoms. The molecule has 0 aliphatic carbocycles. The molecule has 0 N–H and O–H groups in total. The summed E-state index contributed by atoms with van der Waals surface area (Å²) in [6.07, 6.45) is 5.35. The van der Waals surface area contributed by atoms with Crippen LogP contribution in [0, 0.1) is 0 Å². The second kappa shape index (κ2) is 5.70. The van der Waals surface area contributed by atoms with Gasteiger partial charge in [-0.15, -0.1) is 0 Å². The third kappa shape index (κ3) is 2.69. The number of benzene rings is 2. The maximum atomic E-state index is 12.4. The molecule has 0 radical (unpaired) electrons. The first-order chi connectivity index (χ1) is 10.2. The van der Waals surface area contributed by atoms with Crippen molar-refractivity contribution in [3.8, 4) is 0 Å². The zero-order chi connectivity index (χ0) is 14.8. The largest absolute Gasteiger partial charge is 0.350 e. The lowest BCUT2D eigenvalue weighted by atomic mass is 10.1. The molecule has 21 heavy (non-hydrogen) atoms. The smallest absolute Gasteiger partial charge is 0.188 e. The summed E-state index contributed by atoms with van der Waals surface area (Å²) in [5, 5.41) is 0.988. The summed E-state index contributed by atoms with van der Waals surface area (Å²) in [6, 6.07) is 15.8. The number of aromatic nitrogens is 1. The lowest BCUT2D eigenvalue weighted by Crippen LogP contribution is -1.92. The highest BCUT2D eigenvalue weighted by Gasteiger charge is 2.11. The number of nitrogens with zero attached hydrogens (tertiary/aromatic N) is 1. The predicted molar refractivity (Wildman–Crippen MR) is 90.4 cm³/mol. The molecule has 0 fully saturated rings. The maximum absolute atomic E-state index is 12.4. The van der Waals surface area contributed by atoms with Gasteiger partial charge in [-0.25, -0.2) is 0 Å². The summed E-state index contributed by atoms with van der Waals surface area (Å²) >= 11 is 3.48. The van der Waals surface area contributed by atoms with E-state index in [-0.39, 0.29) is 5.78 Å². The van der Waals surface area contributed by atoms with Crippen molar-refractivity contribution >= 4 is 38.7 Å². The van der Waals surface area contributed by atoms with Crippen LogP contribution in [0.3, 0.4) is 0 Å². The minimum atomic E-state index is 0.0163. The van der Waals surface area contributed by atoms with Crippen LogP contribution < -0.4 is 0 Å². The Morgan fingerprint density at radius 1 is 1.10 bits per heavy atom. The van der Waals surface area contributed by atoms with E-state index >= 15 is 0 Å². The summed E-state index contributed by atoms with van der Waals surface area (Å²) in [5.41, 5.74) is 2.79. The molecule has 0 saturated heterocycles. The van der Waals surface area contributed by atoms with E-state index in [2.05, 4.69) is 15.9 Å². The van der Waals surface area contributed by atoms with Crippen molar-refractivity contribution in [2.75, 3.05) is 0 Å². The number of allylic oxidation sites excluding steroid dienone is 1. The van der Waals surface area contributed by atoms with Crippen molar-refractivity contribution in [2.24, 2.45) is 7.05 Å². The first-order valence-electron chi connectivity index (χ1n) is 6.68. The first-order valence-corrected chi connectivity index (χ1v) is 7.47. The average Bonchev–Trinajstić information content (AvgIpc) is 2.84. The normalized spacial score (nSPS) is 11.3. The Labute approximate surface area is 131 Å². The van der Waals surface area contributed by atoms with E-state index in [1.807, 2.05) is 72.4 Å². The molecule has 0 atom stereocenters. The number of ketones is 1. The number of para-hydroxylation sites is 1. The molecule has 0 aliphatic rings. The fourth-order valence-electron chi connectivity index (χ4n) is 2.40. The molecular formula is C18H14BrNO. The van der Waals surface area contributed by atoms with Crippen molar-refractivity contribution in [3.63, 3.8) is 0 Å². The van der Waals surface area contributed by atoms with Crippen LogP contribution in [-0.2, 0) is 7.05 Å². The van der Waals surface area contributed by atoms with E-state index in [9.17, 15) is 4.79 Å². The Morgan fingerprint density at radius 2 is 1.81 bits per heavy atom. The third-order valence-corrected chi connectivity index (χ3v) is 4.20. The van der Waals surface area contributed by atoms with Crippen LogP contribution in [0.4, 0.5) is 0 Å². The highest BCUT2D eigenvalue weighted by Crippen LogP contribution is 2.22. The molecule has 3 aromatic rings. The van der Waals surface area contributed by atoms with Gasteiger partial charge in [0.25, 0.3) is 0 Å². The molecule has 2 nitrogen and oxygen atoms in total. The van der Waals surface area contributed by atoms with E-state index < -0.39 is 0 Å². The van der Waals surface area contributed by atoms with E-state index in [0.717, 1.165) is 26.5 Å². The number of rotatable bonds is 3. The molecule has 2 aromatic carbocycles. The zero-order valence-electron chi connectivity index (χ0n) is 11.6. The molecule has 104 valence electrons. The second-order valence-corrected chi connectivity index (χ2v) is 5.74. The zero-order valence-corrected chi connectivity index (χ0v) is 13.2. The van der Waals surface area contributed by atoms with Crippen molar-refractivity contribution in [2.45, 2.75) is 0 Å². The van der Waals surface area contributed by atoms with Crippen molar-refractivity contribution in [1.29, 1.82) is 0 Å². The van der Waals surface area contributed by atoms with E-state index in [1.54, 1.807) is 6.08 Å². The second-order valence-electron chi connectivity index (χ2n) is 4.89. The number of carbonyl (C=O) groups excluding carboxylic acids is 1. The van der Waals surface area contributed by atoms with E-state index in [0.29, 0.717) is 0 Å². The highest BCUT2D eigenvalue weighted by molar-refractivity contribution is 9.10. The Balaban J connectivity index is 1.97. The topological polar surface area (TPSA) is 22.0 Å². The van der Waals surface area contributed by atoms with Gasteiger partial charge in [0.15, 0.2) is 5.78 Å².